The van der Waals surface area contributed by atoms with Gasteiger partial charge >= 0.3 is 0 Å². The van der Waals surface area contributed by atoms with Crippen LogP contribution < -0.4 is 5.32 Å². The van der Waals surface area contributed by atoms with Crippen molar-refractivity contribution in [3.63, 3.8) is 0 Å². The van der Waals surface area contributed by atoms with Gasteiger partial charge in [-0.25, -0.2) is 0 Å². The molecule has 3 nitrogen and oxygen atoms in total. The lowest BCUT2D eigenvalue weighted by molar-refractivity contribution is 0.239. The quantitative estimate of drug-likeness (QED) is 0.913. The number of nitrogens with zero attached hydrogens (tertiary/aromatic N) is 2. The van der Waals surface area contributed by atoms with E-state index in [2.05, 4.69) is 39.5 Å². The Kier molecular flexibility index (Phi) is 3.62. The molecule has 0 radical (unpaired) electrons. The van der Waals surface area contributed by atoms with Crippen molar-refractivity contribution in [2.24, 2.45) is 0 Å². The summed E-state index contributed by atoms with van der Waals surface area (Å²) in [5.74, 6) is 0. The van der Waals surface area contributed by atoms with Crippen molar-refractivity contribution in [1.82, 2.24) is 15.2 Å². The molecule has 3 heteroatoms. The highest BCUT2D eigenvalue weighted by Gasteiger charge is 2.27. The molecule has 0 spiro atoms. The van der Waals surface area contributed by atoms with Crippen LogP contribution in [-0.2, 0) is 6.54 Å². The molecule has 1 N–H and O–H groups in total. The summed E-state index contributed by atoms with van der Waals surface area (Å²) in [6.07, 6.45) is 7.31. The summed E-state index contributed by atoms with van der Waals surface area (Å²) in [7, 11) is 0. The van der Waals surface area contributed by atoms with Crippen LogP contribution in [0.3, 0.4) is 0 Å². The second-order valence-electron chi connectivity index (χ2n) is 6.44. The fraction of sp³-hybridized carbons (Fsp3) is 0.500. The number of benzene rings is 1. The van der Waals surface area contributed by atoms with E-state index in [1.54, 1.807) is 0 Å². The molecule has 2 fully saturated rings. The zero-order chi connectivity index (χ0) is 14.1. The van der Waals surface area contributed by atoms with Gasteiger partial charge in [0.1, 0.15) is 0 Å². The first-order valence-electron chi connectivity index (χ1n) is 8.20. The van der Waals surface area contributed by atoms with Crippen molar-refractivity contribution in [3.05, 3.63) is 42.1 Å². The highest BCUT2D eigenvalue weighted by Crippen LogP contribution is 2.25. The molecule has 1 aromatic heterocycles. The SMILES string of the molecule is c1cnc2c(CN3CCCC3CNC3CC3)cccc2c1. The minimum Gasteiger partial charge on any atom is -0.312 e. The van der Waals surface area contributed by atoms with Crippen LogP contribution in [-0.4, -0.2) is 35.1 Å². The van der Waals surface area contributed by atoms with Gasteiger partial charge in [0, 0.05) is 36.8 Å². The van der Waals surface area contributed by atoms with Crippen LogP contribution in [0.25, 0.3) is 10.9 Å². The van der Waals surface area contributed by atoms with Gasteiger partial charge in [-0.3, -0.25) is 9.88 Å². The zero-order valence-electron chi connectivity index (χ0n) is 12.5. The maximum Gasteiger partial charge on any atom is 0.0746 e. The van der Waals surface area contributed by atoms with Gasteiger partial charge in [0.2, 0.25) is 0 Å². The summed E-state index contributed by atoms with van der Waals surface area (Å²) in [6, 6.07) is 12.2. The average Bonchev–Trinajstić information content (AvgIpc) is 3.25. The Morgan fingerprint density at radius 1 is 1.14 bits per heavy atom. The molecule has 2 aromatic rings. The molecular formula is C18H23N3. The first-order chi connectivity index (χ1) is 10.4. The Hall–Kier alpha value is -1.45. The van der Waals surface area contributed by atoms with E-state index in [0.29, 0.717) is 6.04 Å². The topological polar surface area (TPSA) is 28.2 Å². The summed E-state index contributed by atoms with van der Waals surface area (Å²) in [5.41, 5.74) is 2.53. The van der Waals surface area contributed by atoms with E-state index in [1.165, 1.54) is 48.7 Å². The third-order valence-corrected chi connectivity index (χ3v) is 4.81. The minimum atomic E-state index is 0.699. The van der Waals surface area contributed by atoms with Crippen LogP contribution in [0.4, 0.5) is 0 Å². The molecule has 1 aromatic carbocycles. The number of para-hydroxylation sites is 1. The summed E-state index contributed by atoms with van der Waals surface area (Å²) < 4.78 is 0. The van der Waals surface area contributed by atoms with Gasteiger partial charge in [0.25, 0.3) is 0 Å². The van der Waals surface area contributed by atoms with Crippen LogP contribution in [0.1, 0.15) is 31.2 Å². The first-order valence-corrected chi connectivity index (χ1v) is 8.20. The van der Waals surface area contributed by atoms with E-state index in [1.807, 2.05) is 12.3 Å². The van der Waals surface area contributed by atoms with E-state index in [-0.39, 0.29) is 0 Å². The fourth-order valence-corrected chi connectivity index (χ4v) is 3.44. The Labute approximate surface area is 126 Å². The number of nitrogens with one attached hydrogen (secondary N) is 1. The number of rotatable bonds is 5. The highest BCUT2D eigenvalue weighted by atomic mass is 15.2. The summed E-state index contributed by atoms with van der Waals surface area (Å²) in [6.45, 7) is 3.41. The number of likely N-dealkylation sites (tertiary alicyclic amines) is 1. The molecule has 1 aliphatic carbocycles. The lowest BCUT2D eigenvalue weighted by atomic mass is 10.1. The van der Waals surface area contributed by atoms with Crippen LogP contribution in [0.5, 0.6) is 0 Å². The fourth-order valence-electron chi connectivity index (χ4n) is 3.44. The predicted octanol–water partition coefficient (Wildman–Crippen LogP) is 2.95. The van der Waals surface area contributed by atoms with Crippen LogP contribution in [0, 0.1) is 0 Å². The van der Waals surface area contributed by atoms with Crippen molar-refractivity contribution in [1.29, 1.82) is 0 Å². The summed E-state index contributed by atoms with van der Waals surface area (Å²) in [4.78, 5) is 7.23. The molecule has 21 heavy (non-hydrogen) atoms. The van der Waals surface area contributed by atoms with Gasteiger partial charge in [0.15, 0.2) is 0 Å². The molecule has 1 aliphatic heterocycles. The molecule has 2 aliphatic rings. The lowest BCUT2D eigenvalue weighted by Crippen LogP contribution is -2.38. The van der Waals surface area contributed by atoms with Crippen LogP contribution in [0.2, 0.25) is 0 Å². The number of hydrogen-bond donors (Lipinski definition) is 1. The second kappa shape index (κ2) is 5.74. The third kappa shape index (κ3) is 2.94. The predicted molar refractivity (Wildman–Crippen MR) is 86.2 cm³/mol. The van der Waals surface area contributed by atoms with Gasteiger partial charge in [-0.2, -0.15) is 0 Å². The molecule has 0 amide bonds. The second-order valence-corrected chi connectivity index (χ2v) is 6.44. The molecule has 4 rings (SSSR count). The van der Waals surface area contributed by atoms with Crippen molar-refractivity contribution in [2.45, 2.75) is 44.3 Å². The van der Waals surface area contributed by atoms with E-state index in [0.717, 1.165) is 19.1 Å². The Morgan fingerprint density at radius 3 is 2.95 bits per heavy atom. The molecule has 1 saturated carbocycles. The number of pyridine rings is 1. The Balaban J connectivity index is 1.50. The molecular weight excluding hydrogens is 258 g/mol. The van der Waals surface area contributed by atoms with Crippen molar-refractivity contribution in [3.8, 4) is 0 Å². The largest absolute Gasteiger partial charge is 0.312 e. The number of fused-ring (bicyclic) bond motifs is 1. The molecule has 2 heterocycles. The van der Waals surface area contributed by atoms with Crippen molar-refractivity contribution in [2.75, 3.05) is 13.1 Å². The standard InChI is InChI=1S/C18H23N3/c1-4-14-6-2-10-19-18(14)15(5-1)13-21-11-3-7-17(21)12-20-16-8-9-16/h1-2,4-6,10,16-17,20H,3,7-9,11-13H2. The zero-order valence-corrected chi connectivity index (χ0v) is 12.5. The normalized spacial score (nSPS) is 23.0. The summed E-state index contributed by atoms with van der Waals surface area (Å²) in [5, 5.41) is 4.95. The number of hydrogen-bond acceptors (Lipinski definition) is 3. The van der Waals surface area contributed by atoms with Gasteiger partial charge in [-0.15, -0.1) is 0 Å². The maximum atomic E-state index is 4.59. The van der Waals surface area contributed by atoms with E-state index in [4.69, 9.17) is 0 Å². The molecule has 0 bridgehead atoms. The molecule has 1 unspecified atom stereocenters. The first kappa shape index (κ1) is 13.2. The lowest BCUT2D eigenvalue weighted by Gasteiger charge is -2.25. The minimum absolute atomic E-state index is 0.699. The highest BCUT2D eigenvalue weighted by molar-refractivity contribution is 5.81. The van der Waals surface area contributed by atoms with E-state index < -0.39 is 0 Å². The smallest absolute Gasteiger partial charge is 0.0746 e. The monoisotopic (exact) mass is 281 g/mol. The van der Waals surface area contributed by atoms with Crippen molar-refractivity contribution < 1.29 is 0 Å². The average molecular weight is 281 g/mol. The van der Waals surface area contributed by atoms with E-state index >= 15 is 0 Å². The van der Waals surface area contributed by atoms with E-state index in [9.17, 15) is 0 Å². The third-order valence-electron chi connectivity index (χ3n) is 4.81. The van der Waals surface area contributed by atoms with Gasteiger partial charge < -0.3 is 5.32 Å². The molecule has 1 atom stereocenters. The van der Waals surface area contributed by atoms with Crippen LogP contribution >= 0.6 is 0 Å². The maximum absolute atomic E-state index is 4.59. The molecule has 1 saturated heterocycles. The van der Waals surface area contributed by atoms with Gasteiger partial charge in [0.05, 0.1) is 5.52 Å². The Bertz CT molecular complexity index is 615. The summed E-state index contributed by atoms with van der Waals surface area (Å²) >= 11 is 0. The van der Waals surface area contributed by atoms with Crippen molar-refractivity contribution >= 4 is 10.9 Å². The van der Waals surface area contributed by atoms with Gasteiger partial charge in [-0.05, 0) is 43.9 Å². The van der Waals surface area contributed by atoms with Gasteiger partial charge in [-0.1, -0.05) is 24.3 Å². The molecule has 110 valence electrons. The Morgan fingerprint density at radius 2 is 2.05 bits per heavy atom. The van der Waals surface area contributed by atoms with Crippen LogP contribution in [0.15, 0.2) is 36.5 Å². The number of aromatic nitrogens is 1.